The number of imidazole rings is 1. The second-order valence-electron chi connectivity index (χ2n) is 5.71. The summed E-state index contributed by atoms with van der Waals surface area (Å²) in [5, 5.41) is 16.1. The number of benzene rings is 2. The molecule has 0 aliphatic carbocycles. The average Bonchev–Trinajstić information content (AvgIpc) is 3.09. The van der Waals surface area contributed by atoms with Crippen LogP contribution in [0.4, 0.5) is 0 Å². The fourth-order valence-electron chi connectivity index (χ4n) is 2.55. The summed E-state index contributed by atoms with van der Waals surface area (Å²) in [5.41, 5.74) is 10.1. The largest absolute Gasteiger partial charge is 0.481 e. The topological polar surface area (TPSA) is 116 Å². The van der Waals surface area contributed by atoms with Crippen LogP contribution in [0.3, 0.4) is 0 Å². The SMILES string of the molecule is N=C(N)c1ccc(-c2ccc(-c3cnc(CCC(=O)O)[nH]3)cc2)cc1. The second-order valence-corrected chi connectivity index (χ2v) is 5.71. The standard InChI is InChI=1S/C19H18N4O2/c20-19(21)15-7-3-13(4-8-15)12-1-5-14(6-2-12)16-11-22-17(23-16)9-10-18(24)25/h1-8,11H,9-10H2,(H3,20,21)(H,22,23)(H,24,25). The first kappa shape index (κ1) is 16.4. The smallest absolute Gasteiger partial charge is 0.303 e. The first-order valence-corrected chi connectivity index (χ1v) is 7.84. The molecule has 0 radical (unpaired) electrons. The van der Waals surface area contributed by atoms with Gasteiger partial charge in [-0.2, -0.15) is 0 Å². The maximum absolute atomic E-state index is 10.6. The van der Waals surface area contributed by atoms with Crippen molar-refractivity contribution in [3.05, 3.63) is 66.1 Å². The Morgan fingerprint density at radius 3 is 2.16 bits per heavy atom. The van der Waals surface area contributed by atoms with E-state index in [1.807, 2.05) is 48.5 Å². The van der Waals surface area contributed by atoms with Crippen molar-refractivity contribution in [3.63, 3.8) is 0 Å². The molecule has 0 atom stereocenters. The molecule has 0 fully saturated rings. The third kappa shape index (κ3) is 3.92. The van der Waals surface area contributed by atoms with Crippen LogP contribution < -0.4 is 5.73 Å². The molecule has 5 N–H and O–H groups in total. The first-order valence-electron chi connectivity index (χ1n) is 7.84. The summed E-state index contributed by atoms with van der Waals surface area (Å²) in [6.07, 6.45) is 2.16. The van der Waals surface area contributed by atoms with Gasteiger partial charge >= 0.3 is 5.97 Å². The molecule has 6 heteroatoms. The number of nitrogens with two attached hydrogens (primary N) is 1. The van der Waals surface area contributed by atoms with Crippen molar-refractivity contribution in [2.45, 2.75) is 12.8 Å². The molecule has 1 heterocycles. The van der Waals surface area contributed by atoms with Gasteiger partial charge in [0.15, 0.2) is 0 Å². The zero-order valence-electron chi connectivity index (χ0n) is 13.5. The summed E-state index contributed by atoms with van der Waals surface area (Å²) < 4.78 is 0. The van der Waals surface area contributed by atoms with Crippen LogP contribution in [0.25, 0.3) is 22.4 Å². The molecule has 3 aromatic rings. The van der Waals surface area contributed by atoms with Crippen molar-refractivity contribution in [1.29, 1.82) is 5.41 Å². The number of aryl methyl sites for hydroxylation is 1. The molecule has 0 bridgehead atoms. The number of rotatable bonds is 6. The lowest BCUT2D eigenvalue weighted by atomic mass is 10.0. The van der Waals surface area contributed by atoms with E-state index in [0.717, 1.165) is 22.4 Å². The van der Waals surface area contributed by atoms with Gasteiger partial charge in [-0.3, -0.25) is 10.2 Å². The molecule has 0 saturated heterocycles. The van der Waals surface area contributed by atoms with E-state index in [1.54, 1.807) is 6.20 Å². The van der Waals surface area contributed by atoms with Crippen molar-refractivity contribution in [2.75, 3.05) is 0 Å². The lowest BCUT2D eigenvalue weighted by Crippen LogP contribution is -2.10. The highest BCUT2D eigenvalue weighted by molar-refractivity contribution is 5.95. The summed E-state index contributed by atoms with van der Waals surface area (Å²) in [7, 11) is 0. The van der Waals surface area contributed by atoms with E-state index in [-0.39, 0.29) is 12.3 Å². The number of carboxylic acids is 1. The number of aromatic amines is 1. The number of nitrogens with zero attached hydrogens (tertiary/aromatic N) is 1. The summed E-state index contributed by atoms with van der Waals surface area (Å²) in [5.74, 6) is -0.112. The average molecular weight is 334 g/mol. The molecule has 0 spiro atoms. The third-order valence-corrected chi connectivity index (χ3v) is 3.93. The van der Waals surface area contributed by atoms with Crippen LogP contribution in [0.15, 0.2) is 54.7 Å². The van der Waals surface area contributed by atoms with Crippen molar-refractivity contribution < 1.29 is 9.90 Å². The maximum Gasteiger partial charge on any atom is 0.303 e. The van der Waals surface area contributed by atoms with E-state index >= 15 is 0 Å². The molecule has 0 amide bonds. The zero-order chi connectivity index (χ0) is 17.8. The highest BCUT2D eigenvalue weighted by atomic mass is 16.4. The quantitative estimate of drug-likeness (QED) is 0.409. The van der Waals surface area contributed by atoms with Crippen molar-refractivity contribution in [1.82, 2.24) is 9.97 Å². The summed E-state index contributed by atoms with van der Waals surface area (Å²) in [4.78, 5) is 18.0. The number of nitrogens with one attached hydrogen (secondary N) is 2. The van der Waals surface area contributed by atoms with E-state index in [0.29, 0.717) is 17.8 Å². The number of carboxylic acid groups (broad SMARTS) is 1. The molecule has 25 heavy (non-hydrogen) atoms. The number of aliphatic carboxylic acids is 1. The molecule has 0 aliphatic rings. The Hall–Kier alpha value is -3.41. The molecular formula is C19H18N4O2. The second kappa shape index (κ2) is 7.00. The molecule has 3 rings (SSSR count). The lowest BCUT2D eigenvalue weighted by Gasteiger charge is -2.05. The number of aromatic nitrogens is 2. The molecule has 6 nitrogen and oxygen atoms in total. The summed E-state index contributed by atoms with van der Waals surface area (Å²) in [6, 6.07) is 15.5. The van der Waals surface area contributed by atoms with Crippen molar-refractivity contribution in [2.24, 2.45) is 5.73 Å². The summed E-state index contributed by atoms with van der Waals surface area (Å²) >= 11 is 0. The molecule has 126 valence electrons. The minimum atomic E-state index is -0.835. The molecule has 0 unspecified atom stereocenters. The van der Waals surface area contributed by atoms with Gasteiger partial charge in [0.2, 0.25) is 0 Å². The van der Waals surface area contributed by atoms with Gasteiger partial charge in [0.25, 0.3) is 0 Å². The van der Waals surface area contributed by atoms with E-state index in [4.69, 9.17) is 16.2 Å². The fourth-order valence-corrected chi connectivity index (χ4v) is 2.55. The van der Waals surface area contributed by atoms with Crippen LogP contribution in [0.5, 0.6) is 0 Å². The Morgan fingerprint density at radius 1 is 1.04 bits per heavy atom. The lowest BCUT2D eigenvalue weighted by molar-refractivity contribution is -0.137. The van der Waals surface area contributed by atoms with Crippen LogP contribution in [0.1, 0.15) is 17.8 Å². The zero-order valence-corrected chi connectivity index (χ0v) is 13.5. The van der Waals surface area contributed by atoms with E-state index in [9.17, 15) is 4.79 Å². The van der Waals surface area contributed by atoms with Gasteiger partial charge < -0.3 is 15.8 Å². The van der Waals surface area contributed by atoms with Gasteiger partial charge in [-0.1, -0.05) is 48.5 Å². The normalized spacial score (nSPS) is 10.6. The van der Waals surface area contributed by atoms with E-state index in [1.165, 1.54) is 0 Å². The third-order valence-electron chi connectivity index (χ3n) is 3.93. The number of amidine groups is 1. The van der Waals surface area contributed by atoms with E-state index < -0.39 is 5.97 Å². The Balaban J connectivity index is 1.76. The highest BCUT2D eigenvalue weighted by Crippen LogP contribution is 2.24. The van der Waals surface area contributed by atoms with Gasteiger partial charge in [0, 0.05) is 12.0 Å². The molecule has 2 aromatic carbocycles. The van der Waals surface area contributed by atoms with Crippen LogP contribution in [0.2, 0.25) is 0 Å². The van der Waals surface area contributed by atoms with Crippen LogP contribution in [0, 0.1) is 5.41 Å². The van der Waals surface area contributed by atoms with Gasteiger partial charge in [0.05, 0.1) is 18.3 Å². The van der Waals surface area contributed by atoms with Crippen LogP contribution >= 0.6 is 0 Å². The van der Waals surface area contributed by atoms with Gasteiger partial charge in [-0.15, -0.1) is 0 Å². The van der Waals surface area contributed by atoms with Crippen molar-refractivity contribution >= 4 is 11.8 Å². The minimum absolute atomic E-state index is 0.0554. The van der Waals surface area contributed by atoms with E-state index in [2.05, 4.69) is 9.97 Å². The van der Waals surface area contributed by atoms with Crippen LogP contribution in [-0.2, 0) is 11.2 Å². The first-order chi connectivity index (χ1) is 12.0. The van der Waals surface area contributed by atoms with Crippen LogP contribution in [-0.4, -0.2) is 26.9 Å². The summed E-state index contributed by atoms with van der Waals surface area (Å²) in [6.45, 7) is 0. The Morgan fingerprint density at radius 2 is 1.60 bits per heavy atom. The molecular weight excluding hydrogens is 316 g/mol. The number of hydrogen-bond donors (Lipinski definition) is 4. The number of carbonyl (C=O) groups is 1. The molecule has 0 aliphatic heterocycles. The number of hydrogen-bond acceptors (Lipinski definition) is 3. The molecule has 0 saturated carbocycles. The van der Waals surface area contributed by atoms with Gasteiger partial charge in [-0.05, 0) is 16.7 Å². The molecule has 1 aromatic heterocycles. The maximum atomic E-state index is 10.6. The fraction of sp³-hybridized carbons (Fsp3) is 0.105. The highest BCUT2D eigenvalue weighted by Gasteiger charge is 2.06. The van der Waals surface area contributed by atoms with Crippen molar-refractivity contribution in [3.8, 4) is 22.4 Å². The Kier molecular flexibility index (Phi) is 4.61. The predicted molar refractivity (Wildman–Crippen MR) is 96.4 cm³/mol. The predicted octanol–water partition coefficient (Wildman–Crippen LogP) is 3.04. The number of nitrogen functional groups attached to an aromatic ring is 1. The Labute approximate surface area is 144 Å². The van der Waals surface area contributed by atoms with Gasteiger partial charge in [-0.25, -0.2) is 4.98 Å². The number of H-pyrrole nitrogens is 1. The monoisotopic (exact) mass is 334 g/mol. The Bertz CT molecular complexity index is 896. The van der Waals surface area contributed by atoms with Gasteiger partial charge in [0.1, 0.15) is 11.7 Å². The minimum Gasteiger partial charge on any atom is -0.481 e.